The molecule has 0 bridgehead atoms. The average molecular weight is 399 g/mol. The van der Waals surface area contributed by atoms with Crippen molar-refractivity contribution in [2.45, 2.75) is 31.7 Å². The van der Waals surface area contributed by atoms with Gasteiger partial charge in [-0.1, -0.05) is 6.07 Å². The van der Waals surface area contributed by atoms with Crippen LogP contribution < -0.4 is 4.90 Å². The van der Waals surface area contributed by atoms with Crippen LogP contribution in [-0.2, 0) is 5.54 Å². The van der Waals surface area contributed by atoms with E-state index in [1.807, 2.05) is 42.3 Å². The van der Waals surface area contributed by atoms with Crippen LogP contribution in [0, 0.1) is 12.8 Å². The van der Waals surface area contributed by atoms with Gasteiger partial charge in [-0.15, -0.1) is 0 Å². The minimum absolute atomic E-state index is 0.0250. The zero-order valence-electron chi connectivity index (χ0n) is 17.2. The van der Waals surface area contributed by atoms with Crippen LogP contribution in [0.5, 0.6) is 0 Å². The Morgan fingerprint density at radius 3 is 2.90 bits per heavy atom. The van der Waals surface area contributed by atoms with E-state index in [-0.39, 0.29) is 11.4 Å². The van der Waals surface area contributed by atoms with Gasteiger partial charge >= 0.3 is 0 Å². The molecule has 3 aromatic rings. The average Bonchev–Trinajstić information content (AvgIpc) is 3.25. The van der Waals surface area contributed by atoms with Crippen molar-refractivity contribution >= 4 is 11.6 Å². The Bertz CT molecular complexity index is 1130. The summed E-state index contributed by atoms with van der Waals surface area (Å²) in [5.74, 6) is 1.76. The molecular weight excluding hydrogens is 374 g/mol. The van der Waals surface area contributed by atoms with Crippen LogP contribution >= 0.6 is 0 Å². The van der Waals surface area contributed by atoms with E-state index in [4.69, 9.17) is 4.98 Å². The molecule has 6 nitrogen and oxygen atoms in total. The number of fused-ring (bicyclic) bond motifs is 4. The maximum absolute atomic E-state index is 13.3. The number of aryl methyl sites for hydroxylation is 1. The van der Waals surface area contributed by atoms with Gasteiger partial charge in [0.25, 0.3) is 5.91 Å². The number of amides is 1. The van der Waals surface area contributed by atoms with E-state index in [1.54, 1.807) is 0 Å². The summed E-state index contributed by atoms with van der Waals surface area (Å²) in [4.78, 5) is 27.0. The lowest BCUT2D eigenvalue weighted by molar-refractivity contribution is 0.0776. The molecule has 3 aliphatic rings. The first-order valence-electron chi connectivity index (χ1n) is 10.8. The second kappa shape index (κ2) is 6.42. The van der Waals surface area contributed by atoms with Crippen molar-refractivity contribution in [2.75, 3.05) is 24.5 Å². The van der Waals surface area contributed by atoms with E-state index in [2.05, 4.69) is 38.8 Å². The molecule has 0 N–H and O–H groups in total. The van der Waals surface area contributed by atoms with Gasteiger partial charge in [-0.2, -0.15) is 0 Å². The summed E-state index contributed by atoms with van der Waals surface area (Å²) >= 11 is 0. The van der Waals surface area contributed by atoms with E-state index in [0.717, 1.165) is 36.9 Å². The minimum Gasteiger partial charge on any atom is -0.355 e. The van der Waals surface area contributed by atoms with Crippen molar-refractivity contribution in [1.29, 1.82) is 0 Å². The topological polar surface area (TPSA) is 54.3 Å². The van der Waals surface area contributed by atoms with Gasteiger partial charge in [0.1, 0.15) is 11.2 Å². The number of pyridine rings is 2. The van der Waals surface area contributed by atoms with Gasteiger partial charge in [0, 0.05) is 37.7 Å². The normalized spacial score (nSPS) is 22.3. The number of carbonyl (C=O) groups is 1. The SMILES string of the molecule is Cc1cccc(C(=O)N2CCC3(C2)c2cccn2-c2ncccc2N3CC2CC2)n1. The van der Waals surface area contributed by atoms with E-state index < -0.39 is 0 Å². The Hall–Kier alpha value is -3.15. The van der Waals surface area contributed by atoms with Crippen molar-refractivity contribution in [3.63, 3.8) is 0 Å². The van der Waals surface area contributed by atoms with Crippen molar-refractivity contribution in [1.82, 2.24) is 19.4 Å². The number of anilines is 1. The molecule has 1 atom stereocenters. The third-order valence-electron chi connectivity index (χ3n) is 6.81. The molecule has 1 saturated carbocycles. The lowest BCUT2D eigenvalue weighted by atomic mass is 9.88. The summed E-state index contributed by atoms with van der Waals surface area (Å²) in [5, 5.41) is 0. The van der Waals surface area contributed by atoms with Crippen LogP contribution in [0.25, 0.3) is 5.82 Å². The molecule has 30 heavy (non-hydrogen) atoms. The molecule has 0 aromatic carbocycles. The summed E-state index contributed by atoms with van der Waals surface area (Å²) in [5.41, 5.74) is 3.60. The second-order valence-corrected chi connectivity index (χ2v) is 8.84. The smallest absolute Gasteiger partial charge is 0.272 e. The lowest BCUT2D eigenvalue weighted by Crippen LogP contribution is -2.53. The summed E-state index contributed by atoms with van der Waals surface area (Å²) in [6.07, 6.45) is 7.46. The van der Waals surface area contributed by atoms with Crippen LogP contribution in [0.1, 0.15) is 41.1 Å². The van der Waals surface area contributed by atoms with Crippen molar-refractivity contribution < 1.29 is 4.79 Å². The van der Waals surface area contributed by atoms with Gasteiger partial charge in [-0.25, -0.2) is 9.97 Å². The Kier molecular flexibility index (Phi) is 3.79. The number of hydrogen-bond donors (Lipinski definition) is 0. The molecule has 1 spiro atoms. The zero-order chi connectivity index (χ0) is 20.3. The fraction of sp³-hybridized carbons (Fsp3) is 0.375. The van der Waals surface area contributed by atoms with Gasteiger partial charge in [-0.05, 0) is 68.5 Å². The molecular formula is C24H25N5O. The number of hydrogen-bond acceptors (Lipinski definition) is 4. The largest absolute Gasteiger partial charge is 0.355 e. The Morgan fingerprint density at radius 2 is 2.07 bits per heavy atom. The van der Waals surface area contributed by atoms with Crippen molar-refractivity contribution in [2.24, 2.45) is 5.92 Å². The fourth-order valence-corrected chi connectivity index (χ4v) is 5.15. The summed E-state index contributed by atoms with van der Waals surface area (Å²) < 4.78 is 2.22. The first-order valence-corrected chi connectivity index (χ1v) is 10.8. The quantitative estimate of drug-likeness (QED) is 0.676. The number of rotatable bonds is 3. The molecule has 3 aromatic heterocycles. The maximum atomic E-state index is 13.3. The molecule has 6 rings (SSSR count). The van der Waals surface area contributed by atoms with E-state index >= 15 is 0 Å². The highest BCUT2D eigenvalue weighted by Gasteiger charge is 2.51. The zero-order valence-corrected chi connectivity index (χ0v) is 17.2. The van der Waals surface area contributed by atoms with E-state index in [0.29, 0.717) is 12.2 Å². The molecule has 2 aliphatic heterocycles. The number of nitrogens with zero attached hydrogens (tertiary/aromatic N) is 5. The monoisotopic (exact) mass is 399 g/mol. The van der Waals surface area contributed by atoms with Gasteiger partial charge in [0.15, 0.2) is 5.82 Å². The molecule has 2 fully saturated rings. The van der Waals surface area contributed by atoms with Crippen LogP contribution in [0.2, 0.25) is 0 Å². The lowest BCUT2D eigenvalue weighted by Gasteiger charge is -2.47. The standard InChI is InChI=1S/C24H25N5O/c1-17-5-2-6-19(26-17)23(30)27-14-11-24(16-27)21-8-4-13-28(21)22-20(7-3-12-25-22)29(24)15-18-9-10-18/h2-8,12-13,18H,9-11,14-16H2,1H3. The van der Waals surface area contributed by atoms with Crippen molar-refractivity contribution in [3.8, 4) is 5.82 Å². The Balaban J connectivity index is 1.42. The molecule has 1 unspecified atom stereocenters. The molecule has 1 saturated heterocycles. The Morgan fingerprint density at radius 1 is 1.17 bits per heavy atom. The molecule has 0 radical (unpaired) electrons. The van der Waals surface area contributed by atoms with Gasteiger partial charge in [0.2, 0.25) is 0 Å². The predicted octanol–water partition coefficient (Wildman–Crippen LogP) is 3.55. The third kappa shape index (κ3) is 2.59. The Labute approximate surface area is 176 Å². The van der Waals surface area contributed by atoms with Crippen LogP contribution in [-0.4, -0.2) is 45.0 Å². The number of carbonyl (C=O) groups excluding carboxylic acids is 1. The molecule has 1 aliphatic carbocycles. The van der Waals surface area contributed by atoms with E-state index in [1.165, 1.54) is 24.2 Å². The number of likely N-dealkylation sites (tertiary alicyclic amines) is 1. The molecule has 152 valence electrons. The summed E-state index contributed by atoms with van der Waals surface area (Å²) in [6.45, 7) is 4.36. The highest BCUT2D eigenvalue weighted by Crippen LogP contribution is 2.49. The predicted molar refractivity (Wildman–Crippen MR) is 115 cm³/mol. The van der Waals surface area contributed by atoms with E-state index in [9.17, 15) is 4.79 Å². The molecule has 1 amide bonds. The highest BCUT2D eigenvalue weighted by atomic mass is 16.2. The van der Waals surface area contributed by atoms with Gasteiger partial charge in [-0.3, -0.25) is 4.79 Å². The fourth-order valence-electron chi connectivity index (χ4n) is 5.15. The van der Waals surface area contributed by atoms with Crippen LogP contribution in [0.15, 0.2) is 54.9 Å². The summed E-state index contributed by atoms with van der Waals surface area (Å²) in [6, 6.07) is 14.2. The number of aromatic nitrogens is 3. The first-order chi connectivity index (χ1) is 14.7. The molecule has 6 heteroatoms. The van der Waals surface area contributed by atoms with Crippen LogP contribution in [0.4, 0.5) is 5.69 Å². The van der Waals surface area contributed by atoms with Gasteiger partial charge in [0.05, 0.1) is 11.4 Å². The van der Waals surface area contributed by atoms with Crippen LogP contribution in [0.3, 0.4) is 0 Å². The third-order valence-corrected chi connectivity index (χ3v) is 6.81. The summed E-state index contributed by atoms with van der Waals surface area (Å²) in [7, 11) is 0. The minimum atomic E-state index is -0.221. The van der Waals surface area contributed by atoms with Crippen molar-refractivity contribution in [3.05, 3.63) is 71.9 Å². The highest BCUT2D eigenvalue weighted by molar-refractivity contribution is 5.92. The van der Waals surface area contributed by atoms with Gasteiger partial charge < -0.3 is 14.4 Å². The maximum Gasteiger partial charge on any atom is 0.272 e. The molecule has 5 heterocycles. The second-order valence-electron chi connectivity index (χ2n) is 8.84. The first kappa shape index (κ1) is 17.7.